The summed E-state index contributed by atoms with van der Waals surface area (Å²) in [4.78, 5) is 6.41. The summed E-state index contributed by atoms with van der Waals surface area (Å²) in [6.07, 6.45) is 1.02. The topological polar surface area (TPSA) is 48.9 Å². The van der Waals surface area contributed by atoms with E-state index >= 15 is 0 Å². The third-order valence-corrected chi connectivity index (χ3v) is 3.74. The van der Waals surface area contributed by atoms with E-state index in [2.05, 4.69) is 43.5 Å². The van der Waals surface area contributed by atoms with Crippen molar-refractivity contribution in [3.63, 3.8) is 0 Å². The van der Waals surface area contributed by atoms with Gasteiger partial charge in [-0.2, -0.15) is 0 Å². The summed E-state index contributed by atoms with van der Waals surface area (Å²) in [5.74, 6) is 0.451. The van der Waals surface area contributed by atoms with Gasteiger partial charge >= 0.3 is 0 Å². The molecule has 138 valence electrons. The highest BCUT2D eigenvalue weighted by atomic mass is 127. The Morgan fingerprint density at radius 3 is 2.67 bits per heavy atom. The van der Waals surface area contributed by atoms with Crippen LogP contribution in [0.5, 0.6) is 0 Å². The first-order valence-corrected chi connectivity index (χ1v) is 8.41. The van der Waals surface area contributed by atoms with Crippen LogP contribution < -0.4 is 10.6 Å². The third kappa shape index (κ3) is 10.4. The monoisotopic (exact) mass is 516 g/mol. The fourth-order valence-electron chi connectivity index (χ4n) is 2.08. The Bertz CT molecular complexity index is 485. The molecular weight excluding hydrogens is 490 g/mol. The number of benzene rings is 1. The molecule has 1 aromatic rings. The number of nitrogens with one attached hydrogen (secondary N) is 2. The van der Waals surface area contributed by atoms with Crippen molar-refractivity contribution >= 4 is 45.9 Å². The number of hydrogen-bond acceptors (Lipinski definition) is 3. The summed E-state index contributed by atoms with van der Waals surface area (Å²) < 4.78 is 19.1. The molecule has 0 bridgehead atoms. The van der Waals surface area contributed by atoms with Crippen LogP contribution in [0.25, 0.3) is 0 Å². The Morgan fingerprint density at radius 2 is 2.04 bits per heavy atom. The maximum Gasteiger partial charge on any atom is 0.191 e. The molecule has 0 fully saturated rings. The minimum atomic E-state index is -0.253. The summed E-state index contributed by atoms with van der Waals surface area (Å²) in [6.45, 7) is 3.99. The second kappa shape index (κ2) is 13.8. The average molecular weight is 517 g/mol. The molecule has 1 aromatic carbocycles. The van der Waals surface area contributed by atoms with Crippen LogP contribution in [-0.4, -0.2) is 58.3 Å². The van der Waals surface area contributed by atoms with Gasteiger partial charge in [0.05, 0.1) is 0 Å². The van der Waals surface area contributed by atoms with Crippen molar-refractivity contribution in [1.82, 2.24) is 15.5 Å². The molecule has 0 saturated carbocycles. The number of ether oxygens (including phenoxy) is 1. The lowest BCUT2D eigenvalue weighted by molar-refractivity contribution is 0.180. The van der Waals surface area contributed by atoms with Crippen LogP contribution in [0.2, 0.25) is 0 Å². The SMILES string of the molecule is CN=C(NCCN(C)CCCOC)NCc1cc(F)cc(Br)c1.I. The van der Waals surface area contributed by atoms with Gasteiger partial charge in [-0.15, -0.1) is 24.0 Å². The second-order valence-corrected chi connectivity index (χ2v) is 6.20. The van der Waals surface area contributed by atoms with E-state index in [1.54, 1.807) is 14.2 Å². The molecule has 0 aliphatic carbocycles. The van der Waals surface area contributed by atoms with Gasteiger partial charge in [0, 0.05) is 51.4 Å². The third-order valence-electron chi connectivity index (χ3n) is 3.28. The summed E-state index contributed by atoms with van der Waals surface area (Å²) in [5.41, 5.74) is 0.858. The maximum absolute atomic E-state index is 13.3. The fourth-order valence-corrected chi connectivity index (χ4v) is 2.59. The van der Waals surface area contributed by atoms with Gasteiger partial charge < -0.3 is 20.3 Å². The highest BCUT2D eigenvalue weighted by Crippen LogP contribution is 2.14. The molecule has 0 aromatic heterocycles. The molecule has 0 saturated heterocycles. The van der Waals surface area contributed by atoms with Crippen LogP contribution in [0, 0.1) is 5.82 Å². The number of nitrogens with zero attached hydrogens (tertiary/aromatic N) is 2. The number of aliphatic imine (C=N–C) groups is 1. The molecule has 24 heavy (non-hydrogen) atoms. The van der Waals surface area contributed by atoms with Crippen molar-refractivity contribution in [3.8, 4) is 0 Å². The molecule has 0 unspecified atom stereocenters. The predicted octanol–water partition coefficient (Wildman–Crippen LogP) is 2.84. The van der Waals surface area contributed by atoms with E-state index in [1.807, 2.05) is 6.07 Å². The van der Waals surface area contributed by atoms with Crippen LogP contribution >= 0.6 is 39.9 Å². The largest absolute Gasteiger partial charge is 0.385 e. The summed E-state index contributed by atoms with van der Waals surface area (Å²) in [7, 11) is 5.52. The van der Waals surface area contributed by atoms with Crippen molar-refractivity contribution in [2.75, 3.05) is 47.4 Å². The van der Waals surface area contributed by atoms with Gasteiger partial charge in [-0.1, -0.05) is 15.9 Å². The van der Waals surface area contributed by atoms with Gasteiger partial charge in [0.15, 0.2) is 5.96 Å². The Morgan fingerprint density at radius 1 is 1.29 bits per heavy atom. The Balaban J connectivity index is 0.00000529. The molecule has 0 heterocycles. The summed E-state index contributed by atoms with van der Waals surface area (Å²) in [5, 5.41) is 6.43. The Kier molecular flexibility index (Phi) is 13.5. The maximum atomic E-state index is 13.3. The molecule has 1 rings (SSSR count). The van der Waals surface area contributed by atoms with E-state index in [-0.39, 0.29) is 29.8 Å². The summed E-state index contributed by atoms with van der Waals surface area (Å²) in [6, 6.07) is 4.83. The molecule has 0 spiro atoms. The zero-order chi connectivity index (χ0) is 17.1. The first-order valence-electron chi connectivity index (χ1n) is 7.62. The van der Waals surface area contributed by atoms with Crippen molar-refractivity contribution < 1.29 is 9.13 Å². The molecular formula is C16H27BrFIN4O. The minimum Gasteiger partial charge on any atom is -0.385 e. The molecule has 2 N–H and O–H groups in total. The molecule has 0 amide bonds. The first kappa shape index (κ1) is 23.5. The van der Waals surface area contributed by atoms with E-state index in [4.69, 9.17) is 4.74 Å². The smallest absolute Gasteiger partial charge is 0.191 e. The Hall–Kier alpha value is -0.450. The zero-order valence-electron chi connectivity index (χ0n) is 14.4. The van der Waals surface area contributed by atoms with Crippen LogP contribution in [-0.2, 0) is 11.3 Å². The average Bonchev–Trinajstić information content (AvgIpc) is 2.50. The molecule has 5 nitrogen and oxygen atoms in total. The van der Waals surface area contributed by atoms with Crippen LogP contribution in [0.1, 0.15) is 12.0 Å². The van der Waals surface area contributed by atoms with Gasteiger partial charge in [0.25, 0.3) is 0 Å². The highest BCUT2D eigenvalue weighted by Gasteiger charge is 2.03. The molecule has 8 heteroatoms. The van der Waals surface area contributed by atoms with E-state index in [1.165, 1.54) is 12.1 Å². The molecule has 0 aliphatic heterocycles. The van der Waals surface area contributed by atoms with Gasteiger partial charge in [-0.05, 0) is 37.2 Å². The van der Waals surface area contributed by atoms with E-state index in [0.29, 0.717) is 12.5 Å². The number of hydrogen-bond donors (Lipinski definition) is 2. The minimum absolute atomic E-state index is 0. The van der Waals surface area contributed by atoms with E-state index < -0.39 is 0 Å². The number of halogens is 3. The van der Waals surface area contributed by atoms with Crippen molar-refractivity contribution in [2.45, 2.75) is 13.0 Å². The van der Waals surface area contributed by atoms with Crippen molar-refractivity contribution in [3.05, 3.63) is 34.1 Å². The fraction of sp³-hybridized carbons (Fsp3) is 0.562. The molecule has 0 radical (unpaired) electrons. The van der Waals surface area contributed by atoms with Gasteiger partial charge in [0.2, 0.25) is 0 Å². The standard InChI is InChI=1S/C16H26BrFN4O.HI/c1-19-16(20-5-7-22(2)6-4-8-23-3)21-12-13-9-14(17)11-15(18)10-13;/h9-11H,4-8,12H2,1-3H3,(H2,19,20,21);1H. The highest BCUT2D eigenvalue weighted by molar-refractivity contribution is 14.0. The van der Waals surface area contributed by atoms with Crippen LogP contribution in [0.15, 0.2) is 27.7 Å². The molecule has 0 atom stereocenters. The van der Waals surface area contributed by atoms with Crippen molar-refractivity contribution in [1.29, 1.82) is 0 Å². The lowest BCUT2D eigenvalue weighted by Crippen LogP contribution is -2.40. The lowest BCUT2D eigenvalue weighted by atomic mass is 10.2. The van der Waals surface area contributed by atoms with Gasteiger partial charge in [-0.3, -0.25) is 4.99 Å². The van der Waals surface area contributed by atoms with E-state index in [0.717, 1.165) is 42.7 Å². The summed E-state index contributed by atoms with van der Waals surface area (Å²) >= 11 is 3.29. The first-order chi connectivity index (χ1) is 11.0. The zero-order valence-corrected chi connectivity index (χ0v) is 18.4. The number of guanidine groups is 1. The normalized spacial score (nSPS) is 11.3. The number of methoxy groups -OCH3 is 1. The quantitative estimate of drug-likeness (QED) is 0.229. The van der Waals surface area contributed by atoms with Crippen LogP contribution in [0.4, 0.5) is 4.39 Å². The molecule has 0 aliphatic rings. The second-order valence-electron chi connectivity index (χ2n) is 5.28. The van der Waals surface area contributed by atoms with Gasteiger partial charge in [-0.25, -0.2) is 4.39 Å². The Labute approximate surface area is 169 Å². The number of likely N-dealkylation sites (N-methyl/N-ethyl adjacent to an activating group) is 1. The van der Waals surface area contributed by atoms with Crippen LogP contribution in [0.3, 0.4) is 0 Å². The number of rotatable bonds is 9. The van der Waals surface area contributed by atoms with Crippen molar-refractivity contribution in [2.24, 2.45) is 4.99 Å². The van der Waals surface area contributed by atoms with E-state index in [9.17, 15) is 4.39 Å². The lowest BCUT2D eigenvalue weighted by Gasteiger charge is -2.18. The predicted molar refractivity (Wildman–Crippen MR) is 112 cm³/mol. The van der Waals surface area contributed by atoms with Gasteiger partial charge in [0.1, 0.15) is 5.82 Å².